The van der Waals surface area contributed by atoms with E-state index >= 15 is 0 Å². The van der Waals surface area contributed by atoms with Crippen molar-refractivity contribution in [2.24, 2.45) is 4.99 Å². The lowest BCUT2D eigenvalue weighted by molar-refractivity contribution is 0.403. The number of phenolic OH excluding ortho intramolecular Hbond substituents is 2. The molecule has 3 N–H and O–H groups in total. The van der Waals surface area contributed by atoms with Gasteiger partial charge >= 0.3 is 0 Å². The highest BCUT2D eigenvalue weighted by atomic mass is 16.3. The van der Waals surface area contributed by atoms with E-state index in [0.717, 1.165) is 30.9 Å². The molecule has 1 heterocycles. The first-order chi connectivity index (χ1) is 6.77. The molecule has 0 saturated carbocycles. The largest absolute Gasteiger partial charge is 0.504 e. The van der Waals surface area contributed by atoms with Gasteiger partial charge in [0.15, 0.2) is 11.5 Å². The van der Waals surface area contributed by atoms with Gasteiger partial charge < -0.3 is 15.5 Å². The van der Waals surface area contributed by atoms with E-state index in [1.807, 2.05) is 0 Å². The van der Waals surface area contributed by atoms with E-state index in [1.165, 1.54) is 12.1 Å². The average molecular weight is 192 g/mol. The SMILES string of the molecule is Oc1ccc(C2=NCCCN2)cc1O. The maximum absolute atomic E-state index is 9.30. The van der Waals surface area contributed by atoms with Gasteiger partial charge in [-0.3, -0.25) is 4.99 Å². The zero-order valence-corrected chi connectivity index (χ0v) is 7.70. The molecule has 1 aliphatic rings. The second kappa shape index (κ2) is 3.57. The summed E-state index contributed by atoms with van der Waals surface area (Å²) in [7, 11) is 0. The number of aromatic hydroxyl groups is 2. The molecular formula is C10H12N2O2. The molecule has 4 heteroatoms. The molecule has 0 fully saturated rings. The third kappa shape index (κ3) is 1.64. The summed E-state index contributed by atoms with van der Waals surface area (Å²) in [5.74, 6) is 0.564. The van der Waals surface area contributed by atoms with Crippen LogP contribution in [-0.2, 0) is 0 Å². The van der Waals surface area contributed by atoms with Gasteiger partial charge in [-0.1, -0.05) is 0 Å². The first-order valence-corrected chi connectivity index (χ1v) is 4.58. The van der Waals surface area contributed by atoms with Crippen molar-refractivity contribution < 1.29 is 10.2 Å². The van der Waals surface area contributed by atoms with Crippen molar-refractivity contribution in [3.63, 3.8) is 0 Å². The van der Waals surface area contributed by atoms with E-state index in [9.17, 15) is 5.11 Å². The Hall–Kier alpha value is -1.71. The normalized spacial score (nSPS) is 15.9. The van der Waals surface area contributed by atoms with Crippen molar-refractivity contribution in [2.45, 2.75) is 6.42 Å². The Morgan fingerprint density at radius 3 is 2.71 bits per heavy atom. The van der Waals surface area contributed by atoms with E-state index < -0.39 is 0 Å². The number of phenols is 2. The van der Waals surface area contributed by atoms with E-state index in [4.69, 9.17) is 5.11 Å². The van der Waals surface area contributed by atoms with Crippen LogP contribution in [-0.4, -0.2) is 29.1 Å². The summed E-state index contributed by atoms with van der Waals surface area (Å²) in [4.78, 5) is 4.28. The predicted molar refractivity (Wildman–Crippen MR) is 53.8 cm³/mol. The van der Waals surface area contributed by atoms with Crippen molar-refractivity contribution in [2.75, 3.05) is 13.1 Å². The van der Waals surface area contributed by atoms with E-state index in [-0.39, 0.29) is 11.5 Å². The van der Waals surface area contributed by atoms with E-state index in [1.54, 1.807) is 6.07 Å². The van der Waals surface area contributed by atoms with Crippen LogP contribution >= 0.6 is 0 Å². The summed E-state index contributed by atoms with van der Waals surface area (Å²) >= 11 is 0. The lowest BCUT2D eigenvalue weighted by atomic mass is 10.1. The average Bonchev–Trinajstić information content (AvgIpc) is 2.23. The van der Waals surface area contributed by atoms with Gasteiger partial charge in [0.25, 0.3) is 0 Å². The topological polar surface area (TPSA) is 64.9 Å². The van der Waals surface area contributed by atoms with Gasteiger partial charge in [0, 0.05) is 18.7 Å². The van der Waals surface area contributed by atoms with Gasteiger partial charge in [-0.05, 0) is 24.6 Å². The lowest BCUT2D eigenvalue weighted by Crippen LogP contribution is -2.30. The standard InChI is InChI=1S/C10H12N2O2/c13-8-3-2-7(6-9(8)14)10-11-4-1-5-12-10/h2-3,6,13-14H,1,4-5H2,(H,11,12). The summed E-state index contributed by atoms with van der Waals surface area (Å²) in [5, 5.41) is 21.6. The minimum atomic E-state index is -0.113. The van der Waals surface area contributed by atoms with Crippen LogP contribution in [0.15, 0.2) is 23.2 Å². The summed E-state index contributed by atoms with van der Waals surface area (Å²) in [5.41, 5.74) is 0.806. The number of amidine groups is 1. The molecule has 4 nitrogen and oxygen atoms in total. The molecule has 0 aliphatic carbocycles. The first kappa shape index (κ1) is 8.87. The van der Waals surface area contributed by atoms with Gasteiger partial charge in [-0.25, -0.2) is 0 Å². The monoisotopic (exact) mass is 192 g/mol. The third-order valence-corrected chi connectivity index (χ3v) is 2.15. The van der Waals surface area contributed by atoms with Gasteiger partial charge in [-0.15, -0.1) is 0 Å². The highest BCUT2D eigenvalue weighted by Gasteiger charge is 2.08. The number of hydrogen-bond acceptors (Lipinski definition) is 4. The van der Waals surface area contributed by atoms with Crippen molar-refractivity contribution in [1.29, 1.82) is 0 Å². The smallest absolute Gasteiger partial charge is 0.158 e. The molecule has 0 bridgehead atoms. The maximum Gasteiger partial charge on any atom is 0.158 e. The molecule has 0 unspecified atom stereocenters. The van der Waals surface area contributed by atoms with Crippen molar-refractivity contribution in [3.8, 4) is 11.5 Å². The Labute approximate surface area is 81.9 Å². The molecular weight excluding hydrogens is 180 g/mol. The minimum Gasteiger partial charge on any atom is -0.504 e. The number of rotatable bonds is 1. The fraction of sp³-hybridized carbons (Fsp3) is 0.300. The summed E-state index contributed by atoms with van der Waals surface area (Å²) in [6.45, 7) is 1.71. The summed E-state index contributed by atoms with van der Waals surface area (Å²) < 4.78 is 0. The number of benzene rings is 1. The van der Waals surface area contributed by atoms with Gasteiger partial charge in [-0.2, -0.15) is 0 Å². The number of nitrogens with zero attached hydrogens (tertiary/aromatic N) is 1. The number of hydrogen-bond donors (Lipinski definition) is 3. The Kier molecular flexibility index (Phi) is 2.26. The van der Waals surface area contributed by atoms with Gasteiger partial charge in [0.05, 0.1) is 0 Å². The molecule has 74 valence electrons. The minimum absolute atomic E-state index is 0.106. The molecule has 0 atom stereocenters. The molecule has 1 aliphatic heterocycles. The molecule has 14 heavy (non-hydrogen) atoms. The van der Waals surface area contributed by atoms with Gasteiger partial charge in [0.2, 0.25) is 0 Å². The number of nitrogens with one attached hydrogen (secondary N) is 1. The second-order valence-corrected chi connectivity index (χ2v) is 3.21. The Morgan fingerprint density at radius 1 is 1.21 bits per heavy atom. The Balaban J connectivity index is 2.32. The quantitative estimate of drug-likeness (QED) is 0.578. The van der Waals surface area contributed by atoms with E-state index in [2.05, 4.69) is 10.3 Å². The fourth-order valence-electron chi connectivity index (χ4n) is 1.40. The van der Waals surface area contributed by atoms with Crippen LogP contribution in [0.3, 0.4) is 0 Å². The molecule has 2 rings (SSSR count). The van der Waals surface area contributed by atoms with Crippen LogP contribution in [0.5, 0.6) is 11.5 Å². The second-order valence-electron chi connectivity index (χ2n) is 3.21. The van der Waals surface area contributed by atoms with Crippen LogP contribution in [0.2, 0.25) is 0 Å². The van der Waals surface area contributed by atoms with Crippen LogP contribution in [0, 0.1) is 0 Å². The molecule has 0 amide bonds. The zero-order valence-electron chi connectivity index (χ0n) is 7.70. The third-order valence-electron chi connectivity index (χ3n) is 2.15. The van der Waals surface area contributed by atoms with Crippen molar-refractivity contribution in [3.05, 3.63) is 23.8 Å². The molecule has 0 saturated heterocycles. The van der Waals surface area contributed by atoms with Crippen LogP contribution in [0.4, 0.5) is 0 Å². The lowest BCUT2D eigenvalue weighted by Gasteiger charge is -2.14. The molecule has 0 aromatic heterocycles. The van der Waals surface area contributed by atoms with E-state index in [0.29, 0.717) is 0 Å². The fourth-order valence-corrected chi connectivity index (χ4v) is 1.40. The Bertz CT molecular complexity index is 374. The summed E-state index contributed by atoms with van der Waals surface area (Å²) in [6.07, 6.45) is 1.04. The predicted octanol–water partition coefficient (Wildman–Crippen LogP) is 0.838. The van der Waals surface area contributed by atoms with Crippen LogP contribution in [0.25, 0.3) is 0 Å². The Morgan fingerprint density at radius 2 is 2.07 bits per heavy atom. The van der Waals surface area contributed by atoms with Crippen LogP contribution in [0.1, 0.15) is 12.0 Å². The molecule has 1 aromatic carbocycles. The maximum atomic E-state index is 9.30. The van der Waals surface area contributed by atoms with Crippen molar-refractivity contribution >= 4 is 5.84 Å². The van der Waals surface area contributed by atoms with Gasteiger partial charge in [0.1, 0.15) is 5.84 Å². The molecule has 1 aromatic rings. The number of aliphatic imine (C=N–C) groups is 1. The first-order valence-electron chi connectivity index (χ1n) is 4.58. The highest BCUT2D eigenvalue weighted by molar-refractivity contribution is 5.99. The summed E-state index contributed by atoms with van der Waals surface area (Å²) in [6, 6.07) is 4.70. The van der Waals surface area contributed by atoms with Crippen LogP contribution < -0.4 is 5.32 Å². The molecule has 0 spiro atoms. The highest BCUT2D eigenvalue weighted by Crippen LogP contribution is 2.25. The zero-order chi connectivity index (χ0) is 9.97. The van der Waals surface area contributed by atoms with Crippen molar-refractivity contribution in [1.82, 2.24) is 5.32 Å². The molecule has 0 radical (unpaired) electrons.